The zero-order valence-corrected chi connectivity index (χ0v) is 11.4. The Bertz CT molecular complexity index is 392. The van der Waals surface area contributed by atoms with E-state index in [1.165, 1.54) is 19.3 Å². The highest BCUT2D eigenvalue weighted by molar-refractivity contribution is 5.61. The number of ether oxygens (including phenoxy) is 1. The number of nitrogens with two attached hydrogens (primary N) is 1. The average molecular weight is 248 g/mol. The summed E-state index contributed by atoms with van der Waals surface area (Å²) in [6.07, 6.45) is 4.91. The van der Waals surface area contributed by atoms with Crippen LogP contribution < -0.4 is 15.8 Å². The number of hydrogen-bond donors (Lipinski definition) is 2. The highest BCUT2D eigenvalue weighted by Gasteiger charge is 2.23. The molecule has 1 saturated carbocycles. The summed E-state index contributed by atoms with van der Waals surface area (Å²) in [6.45, 7) is 5.13. The SMILES string of the molecule is CCCOc1cc(NC2CCCC2C)ccc1N. The van der Waals surface area contributed by atoms with Crippen molar-refractivity contribution in [3.8, 4) is 5.75 Å². The van der Waals surface area contributed by atoms with Crippen LogP contribution in [0.5, 0.6) is 5.75 Å². The van der Waals surface area contributed by atoms with Crippen LogP contribution in [0.2, 0.25) is 0 Å². The summed E-state index contributed by atoms with van der Waals surface area (Å²) in [5.41, 5.74) is 7.75. The maximum absolute atomic E-state index is 5.91. The van der Waals surface area contributed by atoms with Crippen molar-refractivity contribution in [3.63, 3.8) is 0 Å². The van der Waals surface area contributed by atoms with Crippen molar-refractivity contribution in [2.24, 2.45) is 5.92 Å². The number of nitrogens with one attached hydrogen (secondary N) is 1. The second-order valence-corrected chi connectivity index (χ2v) is 5.26. The molecule has 3 heteroatoms. The molecule has 0 amide bonds. The van der Waals surface area contributed by atoms with Gasteiger partial charge in [0.15, 0.2) is 0 Å². The van der Waals surface area contributed by atoms with Crippen molar-refractivity contribution >= 4 is 11.4 Å². The number of rotatable bonds is 5. The average Bonchev–Trinajstić information content (AvgIpc) is 2.76. The molecular formula is C15H24N2O. The van der Waals surface area contributed by atoms with Crippen LogP contribution in [0, 0.1) is 5.92 Å². The van der Waals surface area contributed by atoms with Crippen molar-refractivity contribution in [1.29, 1.82) is 0 Å². The molecule has 0 radical (unpaired) electrons. The van der Waals surface area contributed by atoms with Crippen molar-refractivity contribution in [2.75, 3.05) is 17.7 Å². The van der Waals surface area contributed by atoms with Gasteiger partial charge in [0, 0.05) is 17.8 Å². The highest BCUT2D eigenvalue weighted by atomic mass is 16.5. The van der Waals surface area contributed by atoms with E-state index in [1.807, 2.05) is 18.2 Å². The quantitative estimate of drug-likeness (QED) is 0.782. The fraction of sp³-hybridized carbons (Fsp3) is 0.600. The minimum absolute atomic E-state index is 0.590. The molecule has 2 rings (SSSR count). The first-order valence-corrected chi connectivity index (χ1v) is 6.99. The van der Waals surface area contributed by atoms with E-state index in [-0.39, 0.29) is 0 Å². The molecule has 1 aromatic rings. The Labute approximate surface area is 110 Å². The number of anilines is 2. The lowest BCUT2D eigenvalue weighted by Gasteiger charge is -2.19. The predicted molar refractivity (Wildman–Crippen MR) is 77.1 cm³/mol. The van der Waals surface area contributed by atoms with Crippen molar-refractivity contribution in [2.45, 2.75) is 45.6 Å². The minimum atomic E-state index is 0.590. The van der Waals surface area contributed by atoms with Crippen LogP contribution in [0.1, 0.15) is 39.5 Å². The van der Waals surface area contributed by atoms with Gasteiger partial charge in [-0.05, 0) is 37.3 Å². The van der Waals surface area contributed by atoms with Gasteiger partial charge in [-0.25, -0.2) is 0 Å². The van der Waals surface area contributed by atoms with E-state index in [4.69, 9.17) is 10.5 Å². The number of benzene rings is 1. The molecule has 2 atom stereocenters. The van der Waals surface area contributed by atoms with Gasteiger partial charge in [0.05, 0.1) is 12.3 Å². The highest BCUT2D eigenvalue weighted by Crippen LogP contribution is 2.31. The van der Waals surface area contributed by atoms with Gasteiger partial charge >= 0.3 is 0 Å². The van der Waals surface area contributed by atoms with Crippen LogP contribution in [0.4, 0.5) is 11.4 Å². The maximum Gasteiger partial charge on any atom is 0.144 e. The van der Waals surface area contributed by atoms with Crippen LogP contribution in [0.3, 0.4) is 0 Å². The molecule has 3 N–H and O–H groups in total. The van der Waals surface area contributed by atoms with Crippen LogP contribution in [-0.4, -0.2) is 12.6 Å². The summed E-state index contributed by atoms with van der Waals surface area (Å²) in [4.78, 5) is 0. The lowest BCUT2D eigenvalue weighted by Crippen LogP contribution is -2.21. The lowest BCUT2D eigenvalue weighted by molar-refractivity contribution is 0.319. The molecule has 1 fully saturated rings. The number of nitrogen functional groups attached to an aromatic ring is 1. The zero-order valence-electron chi connectivity index (χ0n) is 11.4. The largest absolute Gasteiger partial charge is 0.491 e. The van der Waals surface area contributed by atoms with E-state index < -0.39 is 0 Å². The van der Waals surface area contributed by atoms with E-state index in [0.29, 0.717) is 18.3 Å². The van der Waals surface area contributed by atoms with Gasteiger partial charge in [-0.2, -0.15) is 0 Å². The smallest absolute Gasteiger partial charge is 0.144 e. The van der Waals surface area contributed by atoms with Crippen LogP contribution in [-0.2, 0) is 0 Å². The molecule has 2 unspecified atom stereocenters. The molecule has 0 saturated heterocycles. The lowest BCUT2D eigenvalue weighted by atomic mass is 10.1. The molecule has 18 heavy (non-hydrogen) atoms. The monoisotopic (exact) mass is 248 g/mol. The summed E-state index contributed by atoms with van der Waals surface area (Å²) in [6, 6.07) is 6.58. The van der Waals surface area contributed by atoms with Crippen molar-refractivity contribution in [1.82, 2.24) is 0 Å². The Hall–Kier alpha value is -1.38. The fourth-order valence-electron chi connectivity index (χ4n) is 2.54. The molecule has 1 aromatic carbocycles. The standard InChI is InChI=1S/C15H24N2O/c1-3-9-18-15-10-12(7-8-13(15)16)17-14-6-4-5-11(14)2/h7-8,10-11,14,17H,3-6,9,16H2,1-2H3. The summed E-state index contributed by atoms with van der Waals surface area (Å²) in [7, 11) is 0. The third kappa shape index (κ3) is 3.09. The van der Waals surface area contributed by atoms with Gasteiger partial charge in [-0.3, -0.25) is 0 Å². The molecule has 3 nitrogen and oxygen atoms in total. The normalized spacial score (nSPS) is 23.0. The van der Waals surface area contributed by atoms with Gasteiger partial charge in [0.1, 0.15) is 5.75 Å². The van der Waals surface area contributed by atoms with Gasteiger partial charge in [-0.15, -0.1) is 0 Å². The van der Waals surface area contributed by atoms with Gasteiger partial charge < -0.3 is 15.8 Å². The molecule has 0 aliphatic heterocycles. The van der Waals surface area contributed by atoms with Crippen molar-refractivity contribution in [3.05, 3.63) is 18.2 Å². The number of hydrogen-bond acceptors (Lipinski definition) is 3. The topological polar surface area (TPSA) is 47.3 Å². The molecular weight excluding hydrogens is 224 g/mol. The Morgan fingerprint density at radius 1 is 1.39 bits per heavy atom. The Balaban J connectivity index is 2.04. The molecule has 0 spiro atoms. The first kappa shape index (κ1) is 13.1. The van der Waals surface area contributed by atoms with E-state index >= 15 is 0 Å². The second kappa shape index (κ2) is 5.98. The molecule has 1 aliphatic rings. The van der Waals surface area contributed by atoms with Crippen LogP contribution in [0.15, 0.2) is 18.2 Å². The van der Waals surface area contributed by atoms with E-state index in [9.17, 15) is 0 Å². The third-order valence-corrected chi connectivity index (χ3v) is 3.69. The minimum Gasteiger partial charge on any atom is -0.491 e. The summed E-state index contributed by atoms with van der Waals surface area (Å²) < 4.78 is 5.65. The summed E-state index contributed by atoms with van der Waals surface area (Å²) in [5.74, 6) is 1.55. The Kier molecular flexibility index (Phi) is 4.34. The molecule has 100 valence electrons. The second-order valence-electron chi connectivity index (χ2n) is 5.26. The van der Waals surface area contributed by atoms with Gasteiger partial charge in [-0.1, -0.05) is 20.3 Å². The maximum atomic E-state index is 5.91. The first-order chi connectivity index (χ1) is 8.70. The molecule has 0 heterocycles. The fourth-order valence-corrected chi connectivity index (χ4v) is 2.54. The zero-order chi connectivity index (χ0) is 13.0. The molecule has 0 bridgehead atoms. The predicted octanol–water partition coefficient (Wildman–Crippen LogP) is 3.66. The van der Waals surface area contributed by atoms with Crippen LogP contribution in [0.25, 0.3) is 0 Å². The van der Waals surface area contributed by atoms with Crippen LogP contribution >= 0.6 is 0 Å². The summed E-state index contributed by atoms with van der Waals surface area (Å²) >= 11 is 0. The van der Waals surface area contributed by atoms with Gasteiger partial charge in [0.2, 0.25) is 0 Å². The van der Waals surface area contributed by atoms with E-state index in [2.05, 4.69) is 19.2 Å². The summed E-state index contributed by atoms with van der Waals surface area (Å²) in [5, 5.41) is 3.60. The van der Waals surface area contributed by atoms with Crippen molar-refractivity contribution < 1.29 is 4.74 Å². The van der Waals surface area contributed by atoms with Gasteiger partial charge in [0.25, 0.3) is 0 Å². The molecule has 1 aliphatic carbocycles. The van der Waals surface area contributed by atoms with E-state index in [1.54, 1.807) is 0 Å². The Morgan fingerprint density at radius 3 is 2.89 bits per heavy atom. The van der Waals surface area contributed by atoms with E-state index in [0.717, 1.165) is 23.8 Å². The third-order valence-electron chi connectivity index (χ3n) is 3.69. The first-order valence-electron chi connectivity index (χ1n) is 6.99. The Morgan fingerprint density at radius 2 is 2.22 bits per heavy atom. The molecule has 0 aromatic heterocycles.